The van der Waals surface area contributed by atoms with Crippen LogP contribution >= 0.6 is 0 Å². The highest BCUT2D eigenvalue weighted by Gasteiger charge is 2.04. The second kappa shape index (κ2) is 9.45. The molecule has 5 heteroatoms. The maximum absolute atomic E-state index is 11.0. The molecule has 0 spiro atoms. The average molecular weight is 218 g/mol. The molecule has 88 valence electrons. The van der Waals surface area contributed by atoms with Crippen molar-refractivity contribution in [3.8, 4) is 0 Å². The van der Waals surface area contributed by atoms with Crippen LogP contribution in [-0.4, -0.2) is 23.7 Å². The van der Waals surface area contributed by atoms with Crippen LogP contribution in [0.3, 0.4) is 0 Å². The number of carboxylic acids is 1. The van der Waals surface area contributed by atoms with Gasteiger partial charge in [0.2, 0.25) is 0 Å². The van der Waals surface area contributed by atoms with Crippen LogP contribution in [0.1, 0.15) is 45.4 Å². The van der Waals surface area contributed by atoms with Crippen LogP contribution in [0.2, 0.25) is 0 Å². The summed E-state index contributed by atoms with van der Waals surface area (Å²) in [5.41, 5.74) is 0. The number of carbonyl (C=O) groups is 2. The minimum absolute atomic E-state index is 0.0873. The van der Waals surface area contributed by atoms with Gasteiger partial charge in [-0.25, -0.2) is 4.79 Å². The van der Waals surface area contributed by atoms with Crippen LogP contribution in [-0.2, 0) is 19.4 Å². The Morgan fingerprint density at radius 2 is 1.80 bits per heavy atom. The van der Waals surface area contributed by atoms with Crippen LogP contribution in [0.25, 0.3) is 0 Å². The summed E-state index contributed by atoms with van der Waals surface area (Å²) in [6.45, 7) is 2.43. The van der Waals surface area contributed by atoms with Crippen molar-refractivity contribution in [1.82, 2.24) is 0 Å². The maximum atomic E-state index is 11.0. The topological polar surface area (TPSA) is 72.8 Å². The Bertz CT molecular complexity index is 190. The molecule has 0 saturated carbocycles. The van der Waals surface area contributed by atoms with Crippen molar-refractivity contribution in [2.24, 2.45) is 0 Å². The minimum atomic E-state index is -0.845. The molecule has 0 atom stereocenters. The molecule has 0 heterocycles. The zero-order valence-corrected chi connectivity index (χ0v) is 9.03. The van der Waals surface area contributed by atoms with E-state index in [9.17, 15) is 9.59 Å². The van der Waals surface area contributed by atoms with Gasteiger partial charge >= 0.3 is 11.9 Å². The van der Waals surface area contributed by atoms with E-state index in [1.165, 1.54) is 0 Å². The molecular weight excluding hydrogens is 200 g/mol. The summed E-state index contributed by atoms with van der Waals surface area (Å²) in [5.74, 6) is -1.28. The van der Waals surface area contributed by atoms with Crippen molar-refractivity contribution < 1.29 is 24.5 Å². The number of unbranched alkanes of at least 4 members (excludes halogenated alkanes) is 2. The number of hydrogen-bond donors (Lipinski definition) is 1. The van der Waals surface area contributed by atoms with Crippen molar-refractivity contribution in [2.45, 2.75) is 45.4 Å². The van der Waals surface area contributed by atoms with Crippen LogP contribution in [0.15, 0.2) is 0 Å². The molecule has 0 rings (SSSR count). The van der Waals surface area contributed by atoms with Gasteiger partial charge in [-0.2, -0.15) is 4.89 Å². The van der Waals surface area contributed by atoms with Gasteiger partial charge in [0.1, 0.15) is 0 Å². The molecule has 0 radical (unpaired) electrons. The lowest BCUT2D eigenvalue weighted by Gasteiger charge is -2.02. The summed E-state index contributed by atoms with van der Waals surface area (Å²) in [5, 5.41) is 8.34. The second-order valence-electron chi connectivity index (χ2n) is 3.23. The minimum Gasteiger partial charge on any atom is -0.481 e. The van der Waals surface area contributed by atoms with Gasteiger partial charge in [0.15, 0.2) is 0 Å². The molecule has 0 unspecified atom stereocenters. The van der Waals surface area contributed by atoms with E-state index in [1.54, 1.807) is 0 Å². The van der Waals surface area contributed by atoms with Gasteiger partial charge < -0.3 is 5.11 Å². The number of rotatable bonds is 9. The Morgan fingerprint density at radius 1 is 1.13 bits per heavy atom. The molecule has 0 aromatic carbocycles. The van der Waals surface area contributed by atoms with Crippen molar-refractivity contribution in [1.29, 1.82) is 0 Å². The molecule has 0 amide bonds. The van der Waals surface area contributed by atoms with Gasteiger partial charge in [0.05, 0.1) is 6.61 Å². The van der Waals surface area contributed by atoms with E-state index in [4.69, 9.17) is 5.11 Å². The van der Waals surface area contributed by atoms with Crippen molar-refractivity contribution in [3.63, 3.8) is 0 Å². The Hall–Kier alpha value is -1.10. The highest BCUT2D eigenvalue weighted by molar-refractivity contribution is 5.69. The van der Waals surface area contributed by atoms with Crippen molar-refractivity contribution in [2.75, 3.05) is 6.61 Å². The lowest BCUT2D eigenvalue weighted by molar-refractivity contribution is -0.272. The summed E-state index contributed by atoms with van der Waals surface area (Å²) in [4.78, 5) is 30.2. The fraction of sp³-hybridized carbons (Fsp3) is 0.800. The van der Waals surface area contributed by atoms with Gasteiger partial charge in [0.25, 0.3) is 0 Å². The van der Waals surface area contributed by atoms with Crippen LogP contribution in [0.4, 0.5) is 0 Å². The molecule has 5 nitrogen and oxygen atoms in total. The monoisotopic (exact) mass is 218 g/mol. The molecule has 15 heavy (non-hydrogen) atoms. The Kier molecular flexibility index (Phi) is 8.76. The SMILES string of the molecule is CCCCOOC(=O)CCCCC(=O)O. The molecule has 0 aromatic heterocycles. The zero-order chi connectivity index (χ0) is 11.5. The standard InChI is InChI=1S/C10H18O5/c1-2-3-8-14-15-10(13)7-5-4-6-9(11)12/h2-8H2,1H3,(H,11,12). The molecule has 0 aliphatic carbocycles. The number of hydrogen-bond acceptors (Lipinski definition) is 4. The lowest BCUT2D eigenvalue weighted by atomic mass is 10.2. The third kappa shape index (κ3) is 10.8. The Labute approximate surface area is 89.3 Å². The molecule has 1 N–H and O–H groups in total. The molecular formula is C10H18O5. The van der Waals surface area contributed by atoms with E-state index in [1.807, 2.05) is 6.92 Å². The first-order valence-corrected chi connectivity index (χ1v) is 5.21. The Balaban J connectivity index is 3.22. The van der Waals surface area contributed by atoms with E-state index < -0.39 is 11.9 Å². The van der Waals surface area contributed by atoms with Gasteiger partial charge in [0, 0.05) is 12.8 Å². The third-order valence-electron chi connectivity index (χ3n) is 1.75. The fourth-order valence-electron chi connectivity index (χ4n) is 0.898. The van der Waals surface area contributed by atoms with E-state index >= 15 is 0 Å². The predicted octanol–water partition coefficient (Wildman–Crippen LogP) is 1.91. The second-order valence-corrected chi connectivity index (χ2v) is 3.23. The van der Waals surface area contributed by atoms with Crippen molar-refractivity contribution in [3.05, 3.63) is 0 Å². The highest BCUT2D eigenvalue weighted by atomic mass is 17.2. The maximum Gasteiger partial charge on any atom is 0.342 e. The first-order chi connectivity index (χ1) is 7.16. The van der Waals surface area contributed by atoms with Gasteiger partial charge in [-0.1, -0.05) is 13.3 Å². The molecule has 0 aliphatic rings. The first-order valence-electron chi connectivity index (χ1n) is 5.21. The largest absolute Gasteiger partial charge is 0.481 e. The summed E-state index contributed by atoms with van der Waals surface area (Å²) in [7, 11) is 0. The van der Waals surface area contributed by atoms with E-state index in [-0.39, 0.29) is 12.8 Å². The van der Waals surface area contributed by atoms with Crippen LogP contribution in [0, 0.1) is 0 Å². The van der Waals surface area contributed by atoms with E-state index in [0.717, 1.165) is 12.8 Å². The van der Waals surface area contributed by atoms with Gasteiger partial charge in [-0.15, -0.1) is 0 Å². The van der Waals surface area contributed by atoms with E-state index in [0.29, 0.717) is 19.4 Å². The molecule has 0 aliphatic heterocycles. The highest BCUT2D eigenvalue weighted by Crippen LogP contribution is 2.01. The molecule has 0 aromatic rings. The van der Waals surface area contributed by atoms with Gasteiger partial charge in [-0.05, 0) is 19.3 Å². The number of aliphatic carboxylic acids is 1. The molecule has 0 bridgehead atoms. The summed E-state index contributed by atoms with van der Waals surface area (Å²) in [6, 6.07) is 0. The van der Waals surface area contributed by atoms with Crippen molar-refractivity contribution >= 4 is 11.9 Å². The summed E-state index contributed by atoms with van der Waals surface area (Å²) >= 11 is 0. The quantitative estimate of drug-likeness (QED) is 0.363. The third-order valence-corrected chi connectivity index (χ3v) is 1.75. The zero-order valence-electron chi connectivity index (χ0n) is 9.03. The normalized spacial score (nSPS) is 9.93. The Morgan fingerprint density at radius 3 is 2.40 bits per heavy atom. The summed E-state index contributed by atoms with van der Waals surface area (Å²) < 4.78 is 0. The average Bonchev–Trinajstić information content (AvgIpc) is 2.19. The molecule has 0 fully saturated rings. The van der Waals surface area contributed by atoms with Gasteiger partial charge in [-0.3, -0.25) is 9.68 Å². The lowest BCUT2D eigenvalue weighted by Crippen LogP contribution is -2.06. The number of carboxylic acid groups (broad SMARTS) is 1. The smallest absolute Gasteiger partial charge is 0.342 e. The summed E-state index contributed by atoms with van der Waals surface area (Å²) in [6.07, 6.45) is 3.13. The number of carbonyl (C=O) groups excluding carboxylic acids is 1. The first kappa shape index (κ1) is 13.9. The van der Waals surface area contributed by atoms with Crippen LogP contribution < -0.4 is 0 Å². The fourth-order valence-corrected chi connectivity index (χ4v) is 0.898. The van der Waals surface area contributed by atoms with Crippen LogP contribution in [0.5, 0.6) is 0 Å². The van der Waals surface area contributed by atoms with E-state index in [2.05, 4.69) is 9.78 Å². The predicted molar refractivity (Wildman–Crippen MR) is 53.1 cm³/mol. The molecule has 0 saturated heterocycles.